The average Bonchev–Trinajstić information content (AvgIpc) is 3.32. The number of anilines is 1. The molecule has 4 rings (SSSR count). The summed E-state index contributed by atoms with van der Waals surface area (Å²) < 4.78 is 13.2. The first-order chi connectivity index (χ1) is 18.0. The largest absolute Gasteiger partial charge is 0.495 e. The lowest BCUT2D eigenvalue weighted by atomic mass is 9.93. The fourth-order valence-electron chi connectivity index (χ4n) is 4.13. The van der Waals surface area contributed by atoms with E-state index in [4.69, 9.17) is 33.2 Å². The Bertz CT molecular complexity index is 1390. The molecule has 0 fully saturated rings. The molecule has 0 bridgehead atoms. The van der Waals surface area contributed by atoms with Crippen LogP contribution in [0.25, 0.3) is 21.3 Å². The number of benzene rings is 2. The normalized spacial score (nSPS) is 12.4. The number of rotatable bonds is 8. The lowest BCUT2D eigenvalue weighted by molar-refractivity contribution is 0.208. The number of nitrogens with zero attached hydrogens (tertiary/aromatic N) is 2. The van der Waals surface area contributed by atoms with Crippen LogP contribution in [0, 0.1) is 12.8 Å². The first kappa shape index (κ1) is 29.8. The van der Waals surface area contributed by atoms with Crippen molar-refractivity contribution in [3.8, 4) is 22.6 Å². The molecule has 0 radical (unpaired) electrons. The van der Waals surface area contributed by atoms with Gasteiger partial charge in [-0.05, 0) is 86.4 Å². The van der Waals surface area contributed by atoms with E-state index in [9.17, 15) is 0 Å². The van der Waals surface area contributed by atoms with Crippen LogP contribution in [-0.4, -0.2) is 34.3 Å². The number of aromatic nitrogens is 2. The Morgan fingerprint density at radius 3 is 2.55 bits per heavy atom. The Balaban J connectivity index is 0.000000260. The van der Waals surface area contributed by atoms with E-state index in [1.54, 1.807) is 18.4 Å². The zero-order valence-electron chi connectivity index (χ0n) is 22.2. The summed E-state index contributed by atoms with van der Waals surface area (Å²) in [6.07, 6.45) is 2.76. The minimum atomic E-state index is -0.350. The minimum Gasteiger partial charge on any atom is -0.495 e. The Labute approximate surface area is 242 Å². The van der Waals surface area contributed by atoms with E-state index >= 15 is 0 Å². The zero-order valence-corrected chi connectivity index (χ0v) is 25.5. The molecule has 0 spiro atoms. The number of thiocarbonyl (C=S) groups is 1. The van der Waals surface area contributed by atoms with Gasteiger partial charge in [-0.3, -0.25) is 4.98 Å². The second kappa shape index (κ2) is 13.3. The van der Waals surface area contributed by atoms with Crippen LogP contribution in [0.1, 0.15) is 32.9 Å². The van der Waals surface area contributed by atoms with Crippen LogP contribution in [0.3, 0.4) is 0 Å². The summed E-state index contributed by atoms with van der Waals surface area (Å²) in [5, 5.41) is 3.04. The van der Waals surface area contributed by atoms with E-state index in [0.29, 0.717) is 18.3 Å². The molecule has 5 N–H and O–H groups in total. The van der Waals surface area contributed by atoms with Gasteiger partial charge in [-0.15, -0.1) is 11.3 Å². The summed E-state index contributed by atoms with van der Waals surface area (Å²) in [6.45, 7) is 8.87. The fraction of sp³-hybridized carbons (Fsp3) is 0.321. The van der Waals surface area contributed by atoms with Gasteiger partial charge in [-0.25, -0.2) is 4.98 Å². The van der Waals surface area contributed by atoms with Crippen LogP contribution in [0.15, 0.2) is 58.6 Å². The summed E-state index contributed by atoms with van der Waals surface area (Å²) >= 11 is 9.69. The number of thiazole rings is 1. The van der Waals surface area contributed by atoms with Gasteiger partial charge < -0.3 is 26.3 Å². The van der Waals surface area contributed by atoms with Crippen LogP contribution in [0.5, 0.6) is 11.5 Å². The van der Waals surface area contributed by atoms with Crippen molar-refractivity contribution in [3.05, 3.63) is 64.3 Å². The number of nitrogens with one attached hydrogen (secondary N) is 1. The number of halogens is 1. The number of pyridine rings is 1. The Hall–Kier alpha value is -2.79. The molecule has 4 aromatic rings. The summed E-state index contributed by atoms with van der Waals surface area (Å²) in [5.41, 5.74) is 18.2. The van der Waals surface area contributed by atoms with Gasteiger partial charge in [-0.1, -0.05) is 29.8 Å². The van der Waals surface area contributed by atoms with E-state index in [1.165, 1.54) is 0 Å². The van der Waals surface area contributed by atoms with Gasteiger partial charge >= 0.3 is 0 Å². The maximum Gasteiger partial charge on any atom is 0.168 e. The predicted molar refractivity (Wildman–Crippen MR) is 166 cm³/mol. The van der Waals surface area contributed by atoms with Crippen molar-refractivity contribution >= 4 is 60.5 Å². The molecule has 2 aromatic carbocycles. The smallest absolute Gasteiger partial charge is 0.168 e. The number of nitrogens with two attached hydrogens (primary N) is 2. The third-order valence-corrected chi connectivity index (χ3v) is 6.96. The zero-order chi connectivity index (χ0) is 27.9. The minimum absolute atomic E-state index is 0.219. The molecule has 2 heterocycles. The summed E-state index contributed by atoms with van der Waals surface area (Å²) in [6, 6.07) is 13.8. The van der Waals surface area contributed by atoms with Crippen molar-refractivity contribution in [1.82, 2.24) is 9.97 Å². The second-order valence-corrected chi connectivity index (χ2v) is 11.9. The van der Waals surface area contributed by atoms with E-state index < -0.39 is 0 Å². The number of methoxy groups -OCH3 is 1. The Morgan fingerprint density at radius 2 is 1.89 bits per heavy atom. The number of hydrogen-bond acceptors (Lipinski definition) is 7. The van der Waals surface area contributed by atoms with Crippen molar-refractivity contribution in [1.29, 1.82) is 0 Å². The molecule has 1 atom stereocenters. The molecule has 10 heteroatoms. The SMILES string of the molecule is COc1ccc(Br)cc1NC(N)=S.Cc1cc(-c2ccc(OC[C@@](C)(N)CC(C)C)c3ncsc23)ccn1. The quantitative estimate of drug-likeness (QED) is 0.183. The Morgan fingerprint density at radius 1 is 1.16 bits per heavy atom. The molecule has 0 unspecified atom stereocenters. The van der Waals surface area contributed by atoms with Crippen molar-refractivity contribution < 1.29 is 9.47 Å². The van der Waals surface area contributed by atoms with Crippen molar-refractivity contribution in [2.24, 2.45) is 17.4 Å². The average molecular weight is 617 g/mol. The van der Waals surface area contributed by atoms with Crippen LogP contribution in [0.4, 0.5) is 5.69 Å². The van der Waals surface area contributed by atoms with E-state index in [1.807, 2.05) is 55.9 Å². The Kier molecular flexibility index (Phi) is 10.4. The van der Waals surface area contributed by atoms with Gasteiger partial charge in [0.25, 0.3) is 0 Å². The molecule has 0 aliphatic rings. The molecule has 38 heavy (non-hydrogen) atoms. The highest BCUT2D eigenvalue weighted by Gasteiger charge is 2.22. The summed E-state index contributed by atoms with van der Waals surface area (Å²) in [4.78, 5) is 8.81. The maximum absolute atomic E-state index is 6.37. The van der Waals surface area contributed by atoms with E-state index in [-0.39, 0.29) is 10.7 Å². The van der Waals surface area contributed by atoms with E-state index in [0.717, 1.165) is 49.4 Å². The van der Waals surface area contributed by atoms with Gasteiger partial charge in [-0.2, -0.15) is 0 Å². The van der Waals surface area contributed by atoms with Crippen LogP contribution in [0.2, 0.25) is 0 Å². The molecule has 0 aliphatic carbocycles. The first-order valence-corrected chi connectivity index (χ1v) is 14.2. The summed E-state index contributed by atoms with van der Waals surface area (Å²) in [7, 11) is 1.59. The summed E-state index contributed by atoms with van der Waals surface area (Å²) in [5.74, 6) is 2.04. The lowest BCUT2D eigenvalue weighted by Gasteiger charge is -2.26. The van der Waals surface area contributed by atoms with Gasteiger partial charge in [0.05, 0.1) is 23.0 Å². The third-order valence-electron chi connectivity index (χ3n) is 5.51. The number of aryl methyl sites for hydroxylation is 1. The molecular formula is C28H34BrN5O2S2. The van der Waals surface area contributed by atoms with E-state index in [2.05, 4.69) is 57.2 Å². The highest BCUT2D eigenvalue weighted by molar-refractivity contribution is 9.10. The first-order valence-electron chi connectivity index (χ1n) is 12.1. The van der Waals surface area contributed by atoms with Crippen LogP contribution in [-0.2, 0) is 0 Å². The van der Waals surface area contributed by atoms with Crippen molar-refractivity contribution in [3.63, 3.8) is 0 Å². The molecule has 2 aromatic heterocycles. The number of ether oxygens (including phenoxy) is 2. The molecule has 7 nitrogen and oxygen atoms in total. The third kappa shape index (κ3) is 8.36. The van der Waals surface area contributed by atoms with Crippen molar-refractivity contribution in [2.75, 3.05) is 19.0 Å². The number of hydrogen-bond donors (Lipinski definition) is 3. The van der Waals surface area contributed by atoms with Crippen LogP contribution < -0.4 is 26.3 Å². The molecular weight excluding hydrogens is 582 g/mol. The van der Waals surface area contributed by atoms with Crippen LogP contribution >= 0.6 is 39.5 Å². The predicted octanol–water partition coefficient (Wildman–Crippen LogP) is 6.92. The van der Waals surface area contributed by atoms with Gasteiger partial charge in [0.2, 0.25) is 0 Å². The van der Waals surface area contributed by atoms with Gasteiger partial charge in [0.1, 0.15) is 23.6 Å². The molecule has 0 amide bonds. The highest BCUT2D eigenvalue weighted by Crippen LogP contribution is 2.36. The maximum atomic E-state index is 6.37. The lowest BCUT2D eigenvalue weighted by Crippen LogP contribution is -2.43. The molecule has 202 valence electrons. The second-order valence-electron chi connectivity index (χ2n) is 9.70. The van der Waals surface area contributed by atoms with Gasteiger partial charge in [0.15, 0.2) is 5.11 Å². The topological polar surface area (TPSA) is 108 Å². The molecule has 0 saturated heterocycles. The molecule has 0 aliphatic heterocycles. The van der Waals surface area contributed by atoms with Crippen molar-refractivity contribution in [2.45, 2.75) is 39.7 Å². The standard InChI is InChI=1S/C20H25N3OS.C8H9BrN2OS/c1-13(2)10-20(4,21)11-24-17-6-5-16(19-18(17)23-12-25-19)15-7-8-22-14(3)9-15;1-12-7-3-2-5(9)4-6(7)11-8(10)13/h5-9,12-13H,10-11,21H2,1-4H3;2-4H,1H3,(H3,10,11,13)/t20-;/m0./s1. The fourth-order valence-corrected chi connectivity index (χ4v) is 5.44. The highest BCUT2D eigenvalue weighted by atomic mass is 79.9. The van der Waals surface area contributed by atoms with Gasteiger partial charge in [0, 0.05) is 27.5 Å². The molecule has 0 saturated carbocycles. The number of fused-ring (bicyclic) bond motifs is 1. The monoisotopic (exact) mass is 615 g/mol.